The lowest BCUT2D eigenvalue weighted by Gasteiger charge is -2.45. The molecule has 0 bridgehead atoms. The molecule has 2 heterocycles. The minimum atomic E-state index is -4.44. The zero-order valence-corrected chi connectivity index (χ0v) is 27.4. The summed E-state index contributed by atoms with van der Waals surface area (Å²) in [4.78, 5) is 17.6. The van der Waals surface area contributed by atoms with E-state index in [0.717, 1.165) is 43.8 Å². The van der Waals surface area contributed by atoms with E-state index in [1.807, 2.05) is 55.6 Å². The second-order valence-corrected chi connectivity index (χ2v) is 12.7. The number of nitrogens with zero attached hydrogens (tertiary/aromatic N) is 2. The Hall–Kier alpha value is -3.28. The molecule has 0 radical (unpaired) electrons. The summed E-state index contributed by atoms with van der Waals surface area (Å²) < 4.78 is 50.4. The summed E-state index contributed by atoms with van der Waals surface area (Å²) >= 11 is 0. The highest BCUT2D eigenvalue weighted by Gasteiger charge is 2.42. The van der Waals surface area contributed by atoms with E-state index in [4.69, 9.17) is 15.2 Å². The molecule has 2 aliphatic rings. The van der Waals surface area contributed by atoms with Crippen molar-refractivity contribution in [2.75, 3.05) is 54.5 Å². The molecule has 2 fully saturated rings. The van der Waals surface area contributed by atoms with Crippen LogP contribution < -0.4 is 11.1 Å². The number of nitrogens with one attached hydrogen (secondary N) is 1. The average molecular weight is 641 g/mol. The Balaban J connectivity index is 0.000000252. The fraction of sp³-hybridized carbons (Fsp3) is 0.472. The van der Waals surface area contributed by atoms with E-state index in [2.05, 4.69) is 34.3 Å². The van der Waals surface area contributed by atoms with Crippen LogP contribution in [0.2, 0.25) is 0 Å². The summed E-state index contributed by atoms with van der Waals surface area (Å²) in [5, 5.41) is 3.15. The first-order valence-corrected chi connectivity index (χ1v) is 15.7. The molecule has 0 saturated carbocycles. The number of alkyl halides is 3. The molecule has 0 aromatic heterocycles. The fourth-order valence-corrected chi connectivity index (χ4v) is 6.81. The van der Waals surface area contributed by atoms with Gasteiger partial charge in [-0.1, -0.05) is 67.6 Å². The van der Waals surface area contributed by atoms with Crippen LogP contribution in [0, 0.1) is 0 Å². The summed E-state index contributed by atoms with van der Waals surface area (Å²) in [6.07, 6.45) is -2.51. The van der Waals surface area contributed by atoms with Crippen LogP contribution in [-0.4, -0.2) is 82.4 Å². The third kappa shape index (κ3) is 8.54. The number of ether oxygens (including phenoxy) is 2. The molecule has 2 aliphatic heterocycles. The van der Waals surface area contributed by atoms with Crippen molar-refractivity contribution in [2.45, 2.75) is 55.6 Å². The number of hydrogen-bond donors (Lipinski definition) is 2. The molecule has 4 unspecified atom stereocenters. The molecule has 0 spiro atoms. The first kappa shape index (κ1) is 35.6. The van der Waals surface area contributed by atoms with E-state index in [-0.39, 0.29) is 29.2 Å². The maximum atomic E-state index is 13.3. The van der Waals surface area contributed by atoms with Crippen LogP contribution in [0.15, 0.2) is 78.9 Å². The smallest absolute Gasteiger partial charge is 0.380 e. The number of carbonyl (C=O) groups is 1. The molecule has 46 heavy (non-hydrogen) atoms. The zero-order chi connectivity index (χ0) is 33.5. The molecule has 0 aliphatic carbocycles. The third-order valence-corrected chi connectivity index (χ3v) is 9.04. The molecule has 250 valence electrons. The summed E-state index contributed by atoms with van der Waals surface area (Å²) in [7, 11) is 7.46. The Kier molecular flexibility index (Phi) is 11.7. The lowest BCUT2D eigenvalue weighted by atomic mass is 9.80. The molecule has 10 heteroatoms. The first-order chi connectivity index (χ1) is 21.8. The molecule has 3 aromatic rings. The summed E-state index contributed by atoms with van der Waals surface area (Å²) in [5.74, 6) is -0.380. The molecular weight excluding hydrogens is 593 g/mol. The SMILES string of the molecule is CCc1cc(C(F)(F)F)ccc1C(=O)NC1(c2ccccc2)CC(OC)CN(C)C1.COC1CN(C)CC(N)(c2ccccc2)C1. The zero-order valence-electron chi connectivity index (χ0n) is 27.4. The highest BCUT2D eigenvalue weighted by atomic mass is 19.4. The predicted molar refractivity (Wildman–Crippen MR) is 175 cm³/mol. The van der Waals surface area contributed by atoms with Crippen LogP contribution in [0.4, 0.5) is 13.2 Å². The molecule has 1 amide bonds. The second kappa shape index (κ2) is 15.1. The number of carbonyl (C=O) groups excluding carboxylic acids is 1. The van der Waals surface area contributed by atoms with Crippen molar-refractivity contribution in [3.05, 3.63) is 107 Å². The molecule has 7 nitrogen and oxygen atoms in total. The van der Waals surface area contributed by atoms with Gasteiger partial charge in [-0.15, -0.1) is 0 Å². The Morgan fingerprint density at radius 1 is 0.870 bits per heavy atom. The highest BCUT2D eigenvalue weighted by molar-refractivity contribution is 5.96. The number of hydrogen-bond acceptors (Lipinski definition) is 6. The third-order valence-electron chi connectivity index (χ3n) is 9.04. The maximum absolute atomic E-state index is 13.3. The quantitative estimate of drug-likeness (QED) is 0.359. The number of piperidine rings is 2. The number of methoxy groups -OCH3 is 2. The van der Waals surface area contributed by atoms with Crippen molar-refractivity contribution in [1.29, 1.82) is 0 Å². The molecule has 2 saturated heterocycles. The Bertz CT molecular complexity index is 1420. The van der Waals surface area contributed by atoms with E-state index in [1.165, 1.54) is 11.6 Å². The summed E-state index contributed by atoms with van der Waals surface area (Å²) in [6.45, 7) is 4.90. The topological polar surface area (TPSA) is 80.1 Å². The summed E-state index contributed by atoms with van der Waals surface area (Å²) in [6, 6.07) is 23.3. The number of benzene rings is 3. The van der Waals surface area contributed by atoms with Gasteiger partial charge < -0.3 is 30.3 Å². The van der Waals surface area contributed by atoms with Gasteiger partial charge in [0.2, 0.25) is 0 Å². The largest absolute Gasteiger partial charge is 0.416 e. The van der Waals surface area contributed by atoms with Crippen molar-refractivity contribution >= 4 is 5.91 Å². The van der Waals surface area contributed by atoms with Gasteiger partial charge in [-0.25, -0.2) is 0 Å². The summed E-state index contributed by atoms with van der Waals surface area (Å²) in [5.41, 5.74) is 7.56. The van der Waals surface area contributed by atoms with Gasteiger partial charge in [0.25, 0.3) is 5.91 Å². The van der Waals surface area contributed by atoms with E-state index in [1.54, 1.807) is 21.1 Å². The first-order valence-electron chi connectivity index (χ1n) is 15.7. The number of nitrogens with two attached hydrogens (primary N) is 1. The number of likely N-dealkylation sites (tertiary alicyclic amines) is 2. The minimum Gasteiger partial charge on any atom is -0.380 e. The van der Waals surface area contributed by atoms with E-state index in [9.17, 15) is 18.0 Å². The van der Waals surface area contributed by atoms with Gasteiger partial charge in [-0.2, -0.15) is 13.2 Å². The highest BCUT2D eigenvalue weighted by Crippen LogP contribution is 2.35. The van der Waals surface area contributed by atoms with Crippen molar-refractivity contribution in [2.24, 2.45) is 5.73 Å². The Labute approximate surface area is 270 Å². The Morgan fingerprint density at radius 2 is 1.41 bits per heavy atom. The molecule has 3 N–H and O–H groups in total. The van der Waals surface area contributed by atoms with Gasteiger partial charge in [-0.3, -0.25) is 4.79 Å². The van der Waals surface area contributed by atoms with Gasteiger partial charge in [-0.05, 0) is 61.8 Å². The minimum absolute atomic E-state index is 0.0810. The van der Waals surface area contributed by atoms with Crippen molar-refractivity contribution < 1.29 is 27.4 Å². The van der Waals surface area contributed by atoms with E-state index < -0.39 is 17.3 Å². The van der Waals surface area contributed by atoms with Gasteiger partial charge in [0.05, 0.1) is 28.8 Å². The van der Waals surface area contributed by atoms with Gasteiger partial charge >= 0.3 is 6.18 Å². The Morgan fingerprint density at radius 3 is 1.96 bits per heavy atom. The van der Waals surface area contributed by atoms with E-state index in [0.29, 0.717) is 24.9 Å². The lowest BCUT2D eigenvalue weighted by Crippen LogP contribution is -2.59. The average Bonchev–Trinajstić information content (AvgIpc) is 3.04. The van der Waals surface area contributed by atoms with Gasteiger partial charge in [0.1, 0.15) is 0 Å². The maximum Gasteiger partial charge on any atom is 0.416 e. The van der Waals surface area contributed by atoms with Crippen molar-refractivity contribution in [3.63, 3.8) is 0 Å². The number of amides is 1. The van der Waals surface area contributed by atoms with Crippen LogP contribution in [-0.2, 0) is 33.1 Å². The standard InChI is InChI=1S/C23H27F3N2O2.C13H20N2O/c1-4-16-12-18(23(24,25)26)10-11-20(16)21(29)27-22(17-8-6-5-7-9-17)13-19(30-3)14-28(2)15-22;1-15-9-12(16-2)8-13(14,10-15)11-6-4-3-5-7-11/h5-12,19H,4,13-15H2,1-3H3,(H,27,29);3-7,12H,8-10,14H2,1-2H3. The van der Waals surface area contributed by atoms with Crippen LogP contribution in [0.3, 0.4) is 0 Å². The molecule has 3 aromatic carbocycles. The molecular formula is C36H47F3N4O3. The molecule has 4 atom stereocenters. The van der Waals surface area contributed by atoms with Crippen molar-refractivity contribution in [1.82, 2.24) is 15.1 Å². The van der Waals surface area contributed by atoms with Gasteiger partial charge in [0, 0.05) is 52.4 Å². The second-order valence-electron chi connectivity index (χ2n) is 12.7. The van der Waals surface area contributed by atoms with Gasteiger partial charge in [0.15, 0.2) is 0 Å². The predicted octanol–water partition coefficient (Wildman–Crippen LogP) is 5.43. The van der Waals surface area contributed by atoms with Crippen molar-refractivity contribution in [3.8, 4) is 0 Å². The lowest BCUT2D eigenvalue weighted by molar-refractivity contribution is -0.137. The number of aryl methyl sites for hydroxylation is 1. The monoisotopic (exact) mass is 640 g/mol. The van der Waals surface area contributed by atoms with E-state index >= 15 is 0 Å². The number of rotatable bonds is 7. The van der Waals surface area contributed by atoms with Crippen LogP contribution in [0.25, 0.3) is 0 Å². The number of likely N-dealkylation sites (N-methyl/N-ethyl adjacent to an activating group) is 2. The normalized spacial score (nSPS) is 25.8. The van der Waals surface area contributed by atoms with Crippen LogP contribution in [0.5, 0.6) is 0 Å². The molecule has 5 rings (SSSR count). The van der Waals surface area contributed by atoms with Crippen LogP contribution >= 0.6 is 0 Å². The van der Waals surface area contributed by atoms with Crippen LogP contribution in [0.1, 0.15) is 52.4 Å². The number of halogens is 3. The fourth-order valence-electron chi connectivity index (χ4n) is 6.81.